The molecule has 3 heterocycles. The maximum absolute atomic E-state index is 13.3. The normalized spacial score (nSPS) is 10.7. The Morgan fingerprint density at radius 1 is 0.970 bits per heavy atom. The van der Waals surface area contributed by atoms with E-state index in [9.17, 15) is 4.79 Å². The van der Waals surface area contributed by atoms with Crippen LogP contribution in [0.25, 0.3) is 28.3 Å². The van der Waals surface area contributed by atoms with Crippen LogP contribution < -0.4 is 10.1 Å². The zero-order valence-corrected chi connectivity index (χ0v) is 18.5. The van der Waals surface area contributed by atoms with E-state index in [2.05, 4.69) is 15.3 Å². The lowest BCUT2D eigenvalue weighted by Crippen LogP contribution is -2.12. The zero-order valence-electron chi connectivity index (χ0n) is 17.7. The lowest BCUT2D eigenvalue weighted by atomic mass is 10.1. The highest BCUT2D eigenvalue weighted by Crippen LogP contribution is 2.27. The minimum absolute atomic E-state index is 0.278. The number of thiazole rings is 1. The van der Waals surface area contributed by atoms with Gasteiger partial charge in [0.1, 0.15) is 17.1 Å². The molecule has 8 heteroatoms. The first-order valence-corrected chi connectivity index (χ1v) is 11.1. The van der Waals surface area contributed by atoms with Crippen LogP contribution >= 0.6 is 11.3 Å². The largest absolute Gasteiger partial charge is 0.495 e. The van der Waals surface area contributed by atoms with E-state index >= 15 is 0 Å². The van der Waals surface area contributed by atoms with Crippen LogP contribution in [0, 0.1) is 0 Å². The van der Waals surface area contributed by atoms with Gasteiger partial charge in [-0.25, -0.2) is 9.67 Å². The van der Waals surface area contributed by atoms with Gasteiger partial charge in [0.15, 0.2) is 5.13 Å². The van der Waals surface area contributed by atoms with E-state index in [1.54, 1.807) is 24.2 Å². The Morgan fingerprint density at radius 2 is 1.73 bits per heavy atom. The van der Waals surface area contributed by atoms with Gasteiger partial charge in [0.25, 0.3) is 5.91 Å². The van der Waals surface area contributed by atoms with Crippen LogP contribution in [-0.2, 0) is 0 Å². The van der Waals surface area contributed by atoms with Crippen LogP contribution in [0.15, 0.2) is 90.6 Å². The number of nitrogens with zero attached hydrogens (tertiary/aromatic N) is 4. The molecule has 0 aliphatic rings. The number of benzene rings is 2. The van der Waals surface area contributed by atoms with Crippen molar-refractivity contribution in [2.45, 2.75) is 0 Å². The number of aromatic nitrogens is 4. The molecule has 0 spiro atoms. The predicted molar refractivity (Wildman–Crippen MR) is 129 cm³/mol. The van der Waals surface area contributed by atoms with Gasteiger partial charge in [0, 0.05) is 17.1 Å². The number of nitrogens with one attached hydrogen (secondary N) is 1. The first kappa shape index (κ1) is 20.6. The van der Waals surface area contributed by atoms with Crippen molar-refractivity contribution in [3.05, 3.63) is 96.1 Å². The van der Waals surface area contributed by atoms with Crippen molar-refractivity contribution in [2.24, 2.45) is 0 Å². The summed E-state index contributed by atoms with van der Waals surface area (Å²) in [6.45, 7) is 0. The van der Waals surface area contributed by atoms with Gasteiger partial charge in [0.05, 0.1) is 30.3 Å². The molecule has 3 aromatic heterocycles. The van der Waals surface area contributed by atoms with Gasteiger partial charge in [-0.15, -0.1) is 11.3 Å². The highest BCUT2D eigenvalue weighted by atomic mass is 32.1. The van der Waals surface area contributed by atoms with Crippen LogP contribution in [0.3, 0.4) is 0 Å². The molecule has 0 saturated heterocycles. The van der Waals surface area contributed by atoms with E-state index in [1.165, 1.54) is 11.3 Å². The summed E-state index contributed by atoms with van der Waals surface area (Å²) in [5.41, 5.74) is 4.18. The molecule has 33 heavy (non-hydrogen) atoms. The maximum Gasteiger partial charge on any atom is 0.261 e. The Bertz CT molecular complexity index is 1380. The molecule has 0 atom stereocenters. The summed E-state index contributed by atoms with van der Waals surface area (Å²) in [5.74, 6) is 0.394. The number of amides is 1. The number of hydrogen-bond acceptors (Lipinski definition) is 6. The molecule has 2 aromatic carbocycles. The first-order valence-electron chi connectivity index (χ1n) is 10.2. The smallest absolute Gasteiger partial charge is 0.261 e. The highest BCUT2D eigenvalue weighted by molar-refractivity contribution is 7.14. The van der Waals surface area contributed by atoms with Crippen LogP contribution in [0.4, 0.5) is 5.13 Å². The van der Waals surface area contributed by atoms with Gasteiger partial charge in [-0.05, 0) is 24.3 Å². The fraction of sp³-hybridized carbons (Fsp3) is 0.0400. The minimum atomic E-state index is -0.278. The van der Waals surface area contributed by atoms with Gasteiger partial charge < -0.3 is 4.74 Å². The summed E-state index contributed by atoms with van der Waals surface area (Å²) in [7, 11) is 1.59. The summed E-state index contributed by atoms with van der Waals surface area (Å²) in [6, 6.07) is 23.0. The van der Waals surface area contributed by atoms with E-state index in [0.717, 1.165) is 11.3 Å². The molecule has 162 valence electrons. The van der Waals surface area contributed by atoms with Crippen molar-refractivity contribution in [3.8, 4) is 34.1 Å². The fourth-order valence-corrected chi connectivity index (χ4v) is 4.03. The molecule has 0 saturated carbocycles. The van der Waals surface area contributed by atoms with E-state index in [1.807, 2.05) is 78.2 Å². The lowest BCUT2D eigenvalue weighted by Gasteiger charge is -2.03. The number of methoxy groups -OCH3 is 1. The zero-order chi connectivity index (χ0) is 22.6. The van der Waals surface area contributed by atoms with Gasteiger partial charge in [-0.2, -0.15) is 5.10 Å². The lowest BCUT2D eigenvalue weighted by molar-refractivity contribution is 0.102. The van der Waals surface area contributed by atoms with Crippen LogP contribution in [0.1, 0.15) is 10.4 Å². The molecule has 0 unspecified atom stereocenters. The topological polar surface area (TPSA) is 81.9 Å². The molecule has 0 aliphatic carbocycles. The average molecular weight is 454 g/mol. The summed E-state index contributed by atoms with van der Waals surface area (Å²) >= 11 is 1.34. The molecule has 0 aliphatic heterocycles. The Labute approximate surface area is 194 Å². The third-order valence-corrected chi connectivity index (χ3v) is 5.74. The Morgan fingerprint density at radius 3 is 2.42 bits per heavy atom. The second kappa shape index (κ2) is 9.05. The van der Waals surface area contributed by atoms with Crippen molar-refractivity contribution in [3.63, 3.8) is 0 Å². The summed E-state index contributed by atoms with van der Waals surface area (Å²) in [4.78, 5) is 22.1. The molecule has 5 rings (SSSR count). The number of ether oxygens (including phenoxy) is 1. The Balaban J connectivity index is 1.44. The van der Waals surface area contributed by atoms with E-state index < -0.39 is 0 Å². The number of carbonyl (C=O) groups is 1. The van der Waals surface area contributed by atoms with E-state index in [-0.39, 0.29) is 5.91 Å². The molecule has 0 fully saturated rings. The third kappa shape index (κ3) is 4.37. The SMILES string of the molecule is COc1ccc(-c2csc(NC(=O)c3cn(-c4ccccc4)nc3-c3ccccc3)n2)nc1. The molecule has 7 nitrogen and oxygen atoms in total. The van der Waals surface area contributed by atoms with Gasteiger partial charge in [0.2, 0.25) is 0 Å². The van der Waals surface area contributed by atoms with E-state index in [4.69, 9.17) is 9.84 Å². The number of carbonyl (C=O) groups excluding carboxylic acids is 1. The van der Waals surface area contributed by atoms with Gasteiger partial charge in [-0.1, -0.05) is 48.5 Å². The van der Waals surface area contributed by atoms with Crippen molar-refractivity contribution in [1.82, 2.24) is 19.7 Å². The number of anilines is 1. The molecule has 0 bridgehead atoms. The number of pyridine rings is 1. The number of hydrogen-bond donors (Lipinski definition) is 1. The maximum atomic E-state index is 13.3. The van der Waals surface area contributed by atoms with Gasteiger partial charge in [-0.3, -0.25) is 15.1 Å². The minimum Gasteiger partial charge on any atom is -0.495 e. The molecule has 5 aromatic rings. The summed E-state index contributed by atoms with van der Waals surface area (Å²) < 4.78 is 6.86. The van der Waals surface area contributed by atoms with Crippen molar-refractivity contribution >= 4 is 22.4 Å². The highest BCUT2D eigenvalue weighted by Gasteiger charge is 2.20. The molecule has 1 N–H and O–H groups in total. The molecule has 1 amide bonds. The quantitative estimate of drug-likeness (QED) is 0.376. The second-order valence-corrected chi connectivity index (χ2v) is 7.97. The standard InChI is InChI=1S/C25H19N5O2S/c1-32-19-12-13-21(26-14-19)22-16-33-25(27-22)28-24(31)20-15-30(18-10-6-3-7-11-18)29-23(20)17-8-4-2-5-9-17/h2-16H,1H3,(H,27,28,31). The fourth-order valence-electron chi connectivity index (χ4n) is 3.33. The molecular weight excluding hydrogens is 434 g/mol. The number of para-hydroxylation sites is 1. The van der Waals surface area contributed by atoms with Crippen molar-refractivity contribution in [1.29, 1.82) is 0 Å². The van der Waals surface area contributed by atoms with Crippen LogP contribution in [-0.4, -0.2) is 32.8 Å². The second-order valence-electron chi connectivity index (χ2n) is 7.11. The van der Waals surface area contributed by atoms with Crippen molar-refractivity contribution in [2.75, 3.05) is 12.4 Å². The average Bonchev–Trinajstić information content (AvgIpc) is 3.53. The molecular formula is C25H19N5O2S. The van der Waals surface area contributed by atoms with E-state index in [0.29, 0.717) is 33.5 Å². The molecule has 0 radical (unpaired) electrons. The van der Waals surface area contributed by atoms with Crippen molar-refractivity contribution < 1.29 is 9.53 Å². The monoisotopic (exact) mass is 453 g/mol. The Kier molecular flexibility index (Phi) is 5.65. The Hall–Kier alpha value is -4.30. The van der Waals surface area contributed by atoms with Gasteiger partial charge >= 0.3 is 0 Å². The van der Waals surface area contributed by atoms with Crippen LogP contribution in [0.5, 0.6) is 5.75 Å². The van der Waals surface area contributed by atoms with Crippen LogP contribution in [0.2, 0.25) is 0 Å². The predicted octanol–water partition coefficient (Wildman–Crippen LogP) is 5.32. The first-order chi connectivity index (χ1) is 16.2. The summed E-state index contributed by atoms with van der Waals surface area (Å²) in [5, 5.41) is 9.95. The third-order valence-electron chi connectivity index (χ3n) is 4.99. The summed E-state index contributed by atoms with van der Waals surface area (Å²) in [6.07, 6.45) is 3.38. The number of rotatable bonds is 6.